The van der Waals surface area contributed by atoms with Crippen molar-refractivity contribution in [2.75, 3.05) is 11.9 Å². The molecule has 3 N–H and O–H groups in total. The maximum Gasteiger partial charge on any atom is 0.245 e. The molecular weight excluding hydrogens is 288 g/mol. The van der Waals surface area contributed by atoms with Crippen molar-refractivity contribution in [1.82, 2.24) is 0 Å². The number of nitrogens with one attached hydrogen (secondary N) is 1. The highest BCUT2D eigenvalue weighted by Gasteiger charge is 2.62. The fourth-order valence-electron chi connectivity index (χ4n) is 2.70. The predicted octanol–water partition coefficient (Wildman–Crippen LogP) is 2.89. The summed E-state index contributed by atoms with van der Waals surface area (Å²) in [6.45, 7) is 8.59. The number of amides is 1. The molecule has 1 aromatic rings. The summed E-state index contributed by atoms with van der Waals surface area (Å²) < 4.78 is 5.64. The van der Waals surface area contributed by atoms with Gasteiger partial charge in [-0.25, -0.2) is 0 Å². The molecule has 1 fully saturated rings. The third-order valence-electron chi connectivity index (χ3n) is 4.54. The third kappa shape index (κ3) is 3.07. The molecule has 0 radical (unpaired) electrons. The molecule has 2 atom stereocenters. The molecule has 0 spiro atoms. The van der Waals surface area contributed by atoms with Crippen LogP contribution in [0, 0.1) is 12.3 Å². The molecule has 1 aromatic carbocycles. The van der Waals surface area contributed by atoms with Gasteiger partial charge in [-0.2, -0.15) is 0 Å². The molecule has 1 amide bonds. The maximum atomic E-state index is 12.5. The highest BCUT2D eigenvalue weighted by Crippen LogP contribution is 2.50. The summed E-state index contributed by atoms with van der Waals surface area (Å²) in [4.78, 5) is 12.5. The van der Waals surface area contributed by atoms with E-state index in [2.05, 4.69) is 5.32 Å². The Balaban J connectivity index is 0.00000220. The second-order valence-electron chi connectivity index (χ2n) is 6.16. The van der Waals surface area contributed by atoms with Gasteiger partial charge in [0.25, 0.3) is 0 Å². The van der Waals surface area contributed by atoms with E-state index < -0.39 is 5.54 Å². The Morgan fingerprint density at radius 1 is 1.38 bits per heavy atom. The lowest BCUT2D eigenvalue weighted by Gasteiger charge is -2.57. The Kier molecular flexibility index (Phi) is 5.42. The van der Waals surface area contributed by atoms with Gasteiger partial charge in [-0.3, -0.25) is 4.79 Å². The van der Waals surface area contributed by atoms with Crippen molar-refractivity contribution in [3.63, 3.8) is 0 Å². The van der Waals surface area contributed by atoms with Gasteiger partial charge in [0.2, 0.25) is 5.91 Å². The van der Waals surface area contributed by atoms with E-state index in [1.165, 1.54) is 0 Å². The highest BCUT2D eigenvalue weighted by molar-refractivity contribution is 5.99. The first-order valence-corrected chi connectivity index (χ1v) is 7.10. The molecule has 0 bridgehead atoms. The second kappa shape index (κ2) is 6.34. The van der Waals surface area contributed by atoms with E-state index in [1.807, 2.05) is 52.0 Å². The van der Waals surface area contributed by atoms with Crippen molar-refractivity contribution < 1.29 is 9.53 Å². The zero-order valence-electron chi connectivity index (χ0n) is 13.1. The summed E-state index contributed by atoms with van der Waals surface area (Å²) in [6.07, 6.45) is 0.604. The molecule has 2 unspecified atom stereocenters. The van der Waals surface area contributed by atoms with Gasteiger partial charge >= 0.3 is 0 Å². The van der Waals surface area contributed by atoms with E-state index in [-0.39, 0.29) is 29.8 Å². The molecule has 5 heteroatoms. The molecule has 0 saturated heterocycles. The number of aryl methyl sites for hydroxylation is 1. The standard InChI is InChI=1S/C16H24N2O2.ClH/c1-5-20-13-10-16(17,15(13,3)4)14(19)18-12-8-6-11(2)7-9-12;/h6-9,13H,5,10,17H2,1-4H3,(H,18,19);1H. The SMILES string of the molecule is CCOC1CC(N)(C(=O)Nc2ccc(C)cc2)C1(C)C.Cl. The van der Waals surface area contributed by atoms with E-state index in [0.29, 0.717) is 13.0 Å². The van der Waals surface area contributed by atoms with E-state index >= 15 is 0 Å². The molecule has 2 rings (SSSR count). The first-order valence-electron chi connectivity index (χ1n) is 7.10. The third-order valence-corrected chi connectivity index (χ3v) is 4.54. The quantitative estimate of drug-likeness (QED) is 0.898. The van der Waals surface area contributed by atoms with Crippen LogP contribution in [-0.2, 0) is 9.53 Å². The highest BCUT2D eigenvalue weighted by atomic mass is 35.5. The number of carbonyl (C=O) groups excluding carboxylic acids is 1. The molecule has 0 aliphatic heterocycles. The van der Waals surface area contributed by atoms with E-state index in [9.17, 15) is 4.79 Å². The van der Waals surface area contributed by atoms with Crippen molar-refractivity contribution in [2.24, 2.45) is 11.1 Å². The van der Waals surface area contributed by atoms with Crippen LogP contribution >= 0.6 is 12.4 Å². The number of hydrogen-bond donors (Lipinski definition) is 2. The number of carbonyl (C=O) groups is 1. The number of anilines is 1. The number of rotatable bonds is 4. The van der Waals surface area contributed by atoms with Gasteiger partial charge in [0.1, 0.15) is 5.54 Å². The van der Waals surface area contributed by atoms with Crippen molar-refractivity contribution >= 4 is 24.0 Å². The van der Waals surface area contributed by atoms with E-state index in [1.54, 1.807) is 0 Å². The molecule has 118 valence electrons. The van der Waals surface area contributed by atoms with Crippen LogP contribution in [0.15, 0.2) is 24.3 Å². The van der Waals surface area contributed by atoms with Gasteiger partial charge in [0.15, 0.2) is 0 Å². The Morgan fingerprint density at radius 2 is 1.95 bits per heavy atom. The monoisotopic (exact) mass is 312 g/mol. The molecule has 0 aromatic heterocycles. The van der Waals surface area contributed by atoms with Crippen LogP contribution in [0.4, 0.5) is 5.69 Å². The van der Waals surface area contributed by atoms with Gasteiger partial charge < -0.3 is 15.8 Å². The number of hydrogen-bond acceptors (Lipinski definition) is 3. The zero-order chi connectivity index (χ0) is 15.0. The van der Waals surface area contributed by atoms with Gasteiger partial charge in [-0.1, -0.05) is 31.5 Å². The van der Waals surface area contributed by atoms with Crippen molar-refractivity contribution in [2.45, 2.75) is 45.8 Å². The molecule has 21 heavy (non-hydrogen) atoms. The van der Waals surface area contributed by atoms with Crippen LogP contribution in [0.5, 0.6) is 0 Å². The Morgan fingerprint density at radius 3 is 2.43 bits per heavy atom. The molecule has 1 aliphatic carbocycles. The molecular formula is C16H25ClN2O2. The van der Waals surface area contributed by atoms with Crippen LogP contribution < -0.4 is 11.1 Å². The Labute approximate surface area is 132 Å². The van der Waals surface area contributed by atoms with Crippen LogP contribution in [0.25, 0.3) is 0 Å². The smallest absolute Gasteiger partial charge is 0.245 e. The number of halogens is 1. The van der Waals surface area contributed by atoms with Crippen LogP contribution in [0.1, 0.15) is 32.8 Å². The van der Waals surface area contributed by atoms with E-state index in [0.717, 1.165) is 11.3 Å². The second-order valence-corrected chi connectivity index (χ2v) is 6.16. The summed E-state index contributed by atoms with van der Waals surface area (Å²) >= 11 is 0. The van der Waals surface area contributed by atoms with Crippen molar-refractivity contribution in [1.29, 1.82) is 0 Å². The molecule has 0 heterocycles. The number of ether oxygens (including phenoxy) is 1. The Bertz CT molecular complexity index is 502. The molecule has 1 aliphatic rings. The summed E-state index contributed by atoms with van der Waals surface area (Å²) in [5.74, 6) is -0.137. The summed E-state index contributed by atoms with van der Waals surface area (Å²) in [6, 6.07) is 7.71. The minimum atomic E-state index is -0.877. The summed E-state index contributed by atoms with van der Waals surface area (Å²) in [5, 5.41) is 2.91. The van der Waals surface area contributed by atoms with Gasteiger partial charge in [-0.05, 0) is 26.0 Å². The van der Waals surface area contributed by atoms with Crippen LogP contribution in [-0.4, -0.2) is 24.2 Å². The maximum absolute atomic E-state index is 12.5. The summed E-state index contributed by atoms with van der Waals surface area (Å²) in [5.41, 5.74) is 7.03. The fraction of sp³-hybridized carbons (Fsp3) is 0.562. The molecule has 4 nitrogen and oxygen atoms in total. The topological polar surface area (TPSA) is 64.3 Å². The lowest BCUT2D eigenvalue weighted by molar-refractivity contribution is -0.166. The first kappa shape index (κ1) is 18.0. The van der Waals surface area contributed by atoms with E-state index in [4.69, 9.17) is 10.5 Å². The lowest BCUT2D eigenvalue weighted by atomic mass is 9.54. The average Bonchev–Trinajstić information content (AvgIpc) is 2.40. The lowest BCUT2D eigenvalue weighted by Crippen LogP contribution is -2.74. The van der Waals surface area contributed by atoms with Crippen molar-refractivity contribution in [3.8, 4) is 0 Å². The minimum absolute atomic E-state index is 0. The normalized spacial score (nSPS) is 26.4. The fourth-order valence-corrected chi connectivity index (χ4v) is 2.70. The minimum Gasteiger partial charge on any atom is -0.378 e. The first-order chi connectivity index (χ1) is 9.31. The van der Waals surface area contributed by atoms with Crippen LogP contribution in [0.3, 0.4) is 0 Å². The number of nitrogens with two attached hydrogens (primary N) is 1. The van der Waals surface area contributed by atoms with Crippen molar-refractivity contribution in [3.05, 3.63) is 29.8 Å². The Hall–Kier alpha value is -1.10. The predicted molar refractivity (Wildman–Crippen MR) is 87.8 cm³/mol. The van der Waals surface area contributed by atoms with Gasteiger partial charge in [0.05, 0.1) is 6.10 Å². The molecule has 1 saturated carbocycles. The number of benzene rings is 1. The average molecular weight is 313 g/mol. The van der Waals surface area contributed by atoms with Gasteiger partial charge in [-0.15, -0.1) is 12.4 Å². The van der Waals surface area contributed by atoms with Gasteiger partial charge in [0, 0.05) is 24.1 Å². The summed E-state index contributed by atoms with van der Waals surface area (Å²) in [7, 11) is 0. The van der Waals surface area contributed by atoms with Crippen LogP contribution in [0.2, 0.25) is 0 Å². The largest absolute Gasteiger partial charge is 0.378 e. The zero-order valence-corrected chi connectivity index (χ0v) is 13.9.